The van der Waals surface area contributed by atoms with Crippen LogP contribution in [0.25, 0.3) is 0 Å². The Hall–Kier alpha value is -1.79. The lowest BCUT2D eigenvalue weighted by molar-refractivity contribution is -0.116. The van der Waals surface area contributed by atoms with Gasteiger partial charge in [0, 0.05) is 42.9 Å². The monoisotopic (exact) mass is 316 g/mol. The van der Waals surface area contributed by atoms with Crippen LogP contribution in [0.5, 0.6) is 0 Å². The van der Waals surface area contributed by atoms with Gasteiger partial charge in [-0.15, -0.1) is 0 Å². The molecule has 0 spiro atoms. The average Bonchev–Trinajstić information content (AvgIpc) is 2.96. The molecule has 2 aromatic rings. The summed E-state index contributed by atoms with van der Waals surface area (Å²) in [5.41, 5.74) is 1.18. The van der Waals surface area contributed by atoms with Gasteiger partial charge in [-0.2, -0.15) is 11.8 Å². The molecule has 0 bridgehead atoms. The molecule has 6 heteroatoms. The molecule has 1 amide bonds. The zero-order valence-corrected chi connectivity index (χ0v) is 13.2. The van der Waals surface area contributed by atoms with Crippen molar-refractivity contribution in [2.24, 2.45) is 0 Å². The standard InChI is InChI=1S/C16H20N4OS/c21-15(10-14-12-22-9-7-17-14)19-16-18-6-8-20(16)11-13-4-2-1-3-5-13/h1-6,8,14,17H,7,9-12H2,(H,18,19,21). The SMILES string of the molecule is O=C(CC1CSCCN1)Nc1nccn1Cc1ccccc1. The normalized spacial score (nSPS) is 18.1. The van der Waals surface area contributed by atoms with Gasteiger partial charge in [-0.1, -0.05) is 30.3 Å². The lowest BCUT2D eigenvalue weighted by Gasteiger charge is -2.22. The highest BCUT2D eigenvalue weighted by atomic mass is 32.2. The highest BCUT2D eigenvalue weighted by molar-refractivity contribution is 7.99. The summed E-state index contributed by atoms with van der Waals surface area (Å²) in [4.78, 5) is 16.4. The van der Waals surface area contributed by atoms with Crippen molar-refractivity contribution in [3.8, 4) is 0 Å². The van der Waals surface area contributed by atoms with Crippen molar-refractivity contribution in [2.75, 3.05) is 23.4 Å². The number of carbonyl (C=O) groups is 1. The van der Waals surface area contributed by atoms with Gasteiger partial charge in [0.2, 0.25) is 11.9 Å². The smallest absolute Gasteiger partial charge is 0.228 e. The number of nitrogens with one attached hydrogen (secondary N) is 2. The van der Waals surface area contributed by atoms with E-state index in [9.17, 15) is 4.79 Å². The predicted molar refractivity (Wildman–Crippen MR) is 90.1 cm³/mol. The highest BCUT2D eigenvalue weighted by Gasteiger charge is 2.17. The van der Waals surface area contributed by atoms with Gasteiger partial charge in [0.05, 0.1) is 6.54 Å². The van der Waals surface area contributed by atoms with Crippen LogP contribution in [0.2, 0.25) is 0 Å². The average molecular weight is 316 g/mol. The molecule has 0 saturated carbocycles. The summed E-state index contributed by atoms with van der Waals surface area (Å²) in [5.74, 6) is 2.74. The van der Waals surface area contributed by atoms with Crippen molar-refractivity contribution in [1.29, 1.82) is 0 Å². The van der Waals surface area contributed by atoms with Crippen LogP contribution in [-0.4, -0.2) is 39.6 Å². The summed E-state index contributed by atoms with van der Waals surface area (Å²) in [6, 6.07) is 10.4. The van der Waals surface area contributed by atoms with Crippen LogP contribution >= 0.6 is 11.8 Å². The maximum absolute atomic E-state index is 12.2. The van der Waals surface area contributed by atoms with E-state index in [2.05, 4.69) is 27.8 Å². The number of benzene rings is 1. The summed E-state index contributed by atoms with van der Waals surface area (Å²) in [6.45, 7) is 1.68. The Morgan fingerprint density at radius 1 is 1.41 bits per heavy atom. The minimum Gasteiger partial charge on any atom is -0.313 e. The van der Waals surface area contributed by atoms with Crippen LogP contribution in [0.4, 0.5) is 5.95 Å². The fourth-order valence-corrected chi connectivity index (χ4v) is 3.44. The van der Waals surface area contributed by atoms with Gasteiger partial charge in [0.1, 0.15) is 0 Å². The van der Waals surface area contributed by atoms with Crippen molar-refractivity contribution in [3.63, 3.8) is 0 Å². The molecular formula is C16H20N4OS. The Morgan fingerprint density at radius 3 is 3.05 bits per heavy atom. The summed E-state index contributed by atoms with van der Waals surface area (Å²) in [5, 5.41) is 6.30. The first-order valence-corrected chi connectivity index (χ1v) is 8.63. The van der Waals surface area contributed by atoms with Gasteiger partial charge in [-0.25, -0.2) is 4.98 Å². The van der Waals surface area contributed by atoms with E-state index < -0.39 is 0 Å². The second kappa shape index (κ2) is 7.47. The number of nitrogens with zero attached hydrogens (tertiary/aromatic N) is 2. The Balaban J connectivity index is 1.58. The number of aromatic nitrogens is 2. The van der Waals surface area contributed by atoms with Crippen LogP contribution < -0.4 is 10.6 Å². The van der Waals surface area contributed by atoms with Gasteiger partial charge in [-0.05, 0) is 5.56 Å². The number of thioether (sulfide) groups is 1. The van der Waals surface area contributed by atoms with E-state index in [0.29, 0.717) is 18.9 Å². The molecular weight excluding hydrogens is 296 g/mol. The molecule has 116 valence electrons. The van der Waals surface area contributed by atoms with E-state index in [1.165, 1.54) is 5.56 Å². The number of rotatable bonds is 5. The third-order valence-electron chi connectivity index (χ3n) is 3.59. The van der Waals surface area contributed by atoms with Crippen molar-refractivity contribution < 1.29 is 4.79 Å². The van der Waals surface area contributed by atoms with Gasteiger partial charge in [0.15, 0.2) is 0 Å². The minimum absolute atomic E-state index is 0.0144. The van der Waals surface area contributed by atoms with Crippen molar-refractivity contribution in [3.05, 3.63) is 48.3 Å². The molecule has 0 aliphatic carbocycles. The lowest BCUT2D eigenvalue weighted by atomic mass is 10.2. The first kappa shape index (κ1) is 15.1. The van der Waals surface area contributed by atoms with Gasteiger partial charge >= 0.3 is 0 Å². The van der Waals surface area contributed by atoms with Crippen LogP contribution in [0.1, 0.15) is 12.0 Å². The van der Waals surface area contributed by atoms with Gasteiger partial charge in [0.25, 0.3) is 0 Å². The molecule has 2 heterocycles. The van der Waals surface area contributed by atoms with Gasteiger partial charge in [-0.3, -0.25) is 10.1 Å². The molecule has 0 radical (unpaired) electrons. The molecule has 3 rings (SSSR count). The number of imidazole rings is 1. The van der Waals surface area contributed by atoms with E-state index in [4.69, 9.17) is 0 Å². The Bertz CT molecular complexity index is 608. The molecule has 1 atom stereocenters. The zero-order valence-electron chi connectivity index (χ0n) is 12.4. The number of amides is 1. The molecule has 1 aromatic heterocycles. The Labute approximate surface area is 134 Å². The first-order chi connectivity index (χ1) is 10.8. The first-order valence-electron chi connectivity index (χ1n) is 7.47. The van der Waals surface area contributed by atoms with Crippen molar-refractivity contribution in [2.45, 2.75) is 19.0 Å². The van der Waals surface area contributed by atoms with E-state index in [1.54, 1.807) is 6.20 Å². The highest BCUT2D eigenvalue weighted by Crippen LogP contribution is 2.13. The molecule has 1 aliphatic rings. The maximum Gasteiger partial charge on any atom is 0.228 e. The lowest BCUT2D eigenvalue weighted by Crippen LogP contribution is -2.40. The van der Waals surface area contributed by atoms with Crippen LogP contribution in [-0.2, 0) is 11.3 Å². The van der Waals surface area contributed by atoms with Crippen molar-refractivity contribution >= 4 is 23.6 Å². The van der Waals surface area contributed by atoms with Crippen LogP contribution in [0.15, 0.2) is 42.7 Å². The molecule has 1 fully saturated rings. The number of hydrogen-bond acceptors (Lipinski definition) is 4. The number of anilines is 1. The number of carbonyl (C=O) groups excluding carboxylic acids is 1. The van der Waals surface area contributed by atoms with E-state index in [1.807, 2.05) is 40.7 Å². The minimum atomic E-state index is 0.0144. The summed E-state index contributed by atoms with van der Waals surface area (Å²) in [6.07, 6.45) is 4.09. The maximum atomic E-state index is 12.2. The third-order valence-corrected chi connectivity index (χ3v) is 4.72. The van der Waals surface area contributed by atoms with Crippen molar-refractivity contribution in [1.82, 2.24) is 14.9 Å². The molecule has 2 N–H and O–H groups in total. The fraction of sp³-hybridized carbons (Fsp3) is 0.375. The van der Waals surface area contributed by atoms with E-state index in [-0.39, 0.29) is 11.9 Å². The topological polar surface area (TPSA) is 59.0 Å². The molecule has 1 saturated heterocycles. The molecule has 1 aliphatic heterocycles. The number of hydrogen-bond donors (Lipinski definition) is 2. The molecule has 5 nitrogen and oxygen atoms in total. The van der Waals surface area contributed by atoms with Crippen LogP contribution in [0, 0.1) is 0 Å². The molecule has 1 unspecified atom stereocenters. The summed E-state index contributed by atoms with van der Waals surface area (Å²) < 4.78 is 1.95. The largest absolute Gasteiger partial charge is 0.313 e. The quantitative estimate of drug-likeness (QED) is 0.885. The third kappa shape index (κ3) is 4.11. The second-order valence-corrected chi connectivity index (χ2v) is 6.49. The van der Waals surface area contributed by atoms with E-state index in [0.717, 1.165) is 18.1 Å². The second-order valence-electron chi connectivity index (χ2n) is 5.34. The van der Waals surface area contributed by atoms with Gasteiger partial charge < -0.3 is 9.88 Å². The predicted octanol–water partition coefficient (Wildman–Crippen LogP) is 1.96. The zero-order chi connectivity index (χ0) is 15.2. The molecule has 22 heavy (non-hydrogen) atoms. The summed E-state index contributed by atoms with van der Waals surface area (Å²) >= 11 is 1.89. The Kier molecular flexibility index (Phi) is 5.13. The Morgan fingerprint density at radius 2 is 2.27 bits per heavy atom. The summed E-state index contributed by atoms with van der Waals surface area (Å²) in [7, 11) is 0. The fourth-order valence-electron chi connectivity index (χ4n) is 2.49. The molecule has 1 aromatic carbocycles. The van der Waals surface area contributed by atoms with E-state index >= 15 is 0 Å². The van der Waals surface area contributed by atoms with Crippen LogP contribution in [0.3, 0.4) is 0 Å².